The fourth-order valence-corrected chi connectivity index (χ4v) is 2.75. The summed E-state index contributed by atoms with van der Waals surface area (Å²) in [5.74, 6) is 1.76. The third-order valence-corrected chi connectivity index (χ3v) is 4.02. The third kappa shape index (κ3) is 4.43. The van der Waals surface area contributed by atoms with Crippen LogP contribution in [0.4, 0.5) is 5.69 Å². The highest BCUT2D eigenvalue weighted by Gasteiger charge is 2.19. The Morgan fingerprint density at radius 1 is 1.11 bits per heavy atom. The zero-order valence-corrected chi connectivity index (χ0v) is 12.1. The monoisotopic (exact) mass is 262 g/mol. The van der Waals surface area contributed by atoms with Crippen LogP contribution in [0.5, 0.6) is 5.75 Å². The van der Waals surface area contributed by atoms with Gasteiger partial charge in [-0.15, -0.1) is 0 Å². The average Bonchev–Trinajstić information content (AvgIpc) is 2.47. The molecule has 1 saturated carbocycles. The van der Waals surface area contributed by atoms with Crippen molar-refractivity contribution in [2.45, 2.75) is 38.6 Å². The molecule has 0 bridgehead atoms. The van der Waals surface area contributed by atoms with E-state index in [1.165, 1.54) is 31.4 Å². The van der Waals surface area contributed by atoms with Gasteiger partial charge in [0.15, 0.2) is 0 Å². The Morgan fingerprint density at radius 3 is 2.37 bits per heavy atom. The molecular weight excluding hydrogens is 236 g/mol. The van der Waals surface area contributed by atoms with E-state index < -0.39 is 0 Å². The molecule has 1 aliphatic rings. The summed E-state index contributed by atoms with van der Waals surface area (Å²) in [6, 6.07) is 9.00. The van der Waals surface area contributed by atoms with E-state index in [1.54, 1.807) is 0 Å². The molecule has 1 aromatic carbocycles. The van der Waals surface area contributed by atoms with Crippen molar-refractivity contribution in [1.82, 2.24) is 5.32 Å². The summed E-state index contributed by atoms with van der Waals surface area (Å²) < 4.78 is 5.44. The third-order valence-electron chi connectivity index (χ3n) is 4.02. The van der Waals surface area contributed by atoms with Gasteiger partial charge < -0.3 is 15.4 Å². The van der Waals surface area contributed by atoms with Crippen molar-refractivity contribution >= 4 is 5.69 Å². The van der Waals surface area contributed by atoms with Crippen LogP contribution in [0.2, 0.25) is 0 Å². The van der Waals surface area contributed by atoms with Gasteiger partial charge in [0.05, 0.1) is 6.61 Å². The topological polar surface area (TPSA) is 33.3 Å². The van der Waals surface area contributed by atoms with Crippen LogP contribution in [0.15, 0.2) is 24.3 Å². The summed E-state index contributed by atoms with van der Waals surface area (Å²) in [4.78, 5) is 0. The van der Waals surface area contributed by atoms with Crippen LogP contribution in [0, 0.1) is 5.92 Å². The van der Waals surface area contributed by atoms with Crippen LogP contribution in [0.1, 0.15) is 32.6 Å². The lowest BCUT2D eigenvalue weighted by atomic mass is 9.86. The molecule has 0 spiro atoms. The summed E-state index contributed by atoms with van der Waals surface area (Å²) in [6.07, 6.45) is 5.28. The second kappa shape index (κ2) is 7.39. The van der Waals surface area contributed by atoms with E-state index >= 15 is 0 Å². The number of ether oxygens (including phenoxy) is 1. The Hall–Kier alpha value is -1.22. The Morgan fingerprint density at radius 2 is 1.79 bits per heavy atom. The van der Waals surface area contributed by atoms with E-state index in [9.17, 15) is 0 Å². The Bertz CT molecular complexity index is 356. The van der Waals surface area contributed by atoms with E-state index in [2.05, 4.69) is 29.8 Å². The van der Waals surface area contributed by atoms with E-state index in [4.69, 9.17) is 4.74 Å². The predicted molar refractivity (Wildman–Crippen MR) is 80.9 cm³/mol. The van der Waals surface area contributed by atoms with E-state index in [0.29, 0.717) is 0 Å². The van der Waals surface area contributed by atoms with Crippen LogP contribution in [-0.4, -0.2) is 26.2 Å². The molecule has 3 nitrogen and oxygen atoms in total. The van der Waals surface area contributed by atoms with Crippen LogP contribution in [-0.2, 0) is 0 Å². The minimum absolute atomic E-state index is 0.724. The van der Waals surface area contributed by atoms with Crippen molar-refractivity contribution in [2.75, 3.05) is 25.5 Å². The van der Waals surface area contributed by atoms with Crippen molar-refractivity contribution in [3.63, 3.8) is 0 Å². The second-order valence-electron chi connectivity index (χ2n) is 5.34. The van der Waals surface area contributed by atoms with Crippen LogP contribution in [0.3, 0.4) is 0 Å². The highest BCUT2D eigenvalue weighted by Crippen LogP contribution is 2.25. The highest BCUT2D eigenvalue weighted by atomic mass is 16.5. The van der Waals surface area contributed by atoms with Crippen molar-refractivity contribution in [1.29, 1.82) is 0 Å². The summed E-state index contributed by atoms with van der Waals surface area (Å²) in [6.45, 7) is 3.82. The van der Waals surface area contributed by atoms with Crippen molar-refractivity contribution in [3.05, 3.63) is 24.3 Å². The zero-order valence-electron chi connectivity index (χ0n) is 12.1. The molecule has 106 valence electrons. The minimum Gasteiger partial charge on any atom is -0.494 e. The van der Waals surface area contributed by atoms with Gasteiger partial charge >= 0.3 is 0 Å². The van der Waals surface area contributed by atoms with Gasteiger partial charge in [0, 0.05) is 18.3 Å². The van der Waals surface area contributed by atoms with E-state index in [-0.39, 0.29) is 0 Å². The maximum absolute atomic E-state index is 5.44. The molecule has 19 heavy (non-hydrogen) atoms. The van der Waals surface area contributed by atoms with Crippen molar-refractivity contribution in [2.24, 2.45) is 5.92 Å². The normalized spacial score (nSPS) is 23.1. The minimum atomic E-state index is 0.724. The summed E-state index contributed by atoms with van der Waals surface area (Å²) >= 11 is 0. The largest absolute Gasteiger partial charge is 0.494 e. The summed E-state index contributed by atoms with van der Waals surface area (Å²) in [5, 5.41) is 6.92. The smallest absolute Gasteiger partial charge is 0.119 e. The molecule has 1 aliphatic carbocycles. The van der Waals surface area contributed by atoms with E-state index in [1.807, 2.05) is 19.1 Å². The molecular formula is C16H26N2O. The van der Waals surface area contributed by atoms with Gasteiger partial charge in [-0.1, -0.05) is 0 Å². The average molecular weight is 262 g/mol. The standard InChI is InChI=1S/C16H26N2O/c1-3-19-16-10-8-15(9-11-16)18-12-13-4-6-14(17-2)7-5-13/h8-11,13-14,17-18H,3-7,12H2,1-2H3. The zero-order chi connectivity index (χ0) is 13.5. The molecule has 2 N–H and O–H groups in total. The first-order chi connectivity index (χ1) is 9.31. The lowest BCUT2D eigenvalue weighted by molar-refractivity contribution is 0.312. The quantitative estimate of drug-likeness (QED) is 0.825. The highest BCUT2D eigenvalue weighted by molar-refractivity contribution is 5.46. The molecule has 3 heteroatoms. The van der Waals surface area contributed by atoms with Gasteiger partial charge in [-0.2, -0.15) is 0 Å². The lowest BCUT2D eigenvalue weighted by Gasteiger charge is -2.28. The molecule has 2 rings (SSSR count). The first-order valence-electron chi connectivity index (χ1n) is 7.45. The number of hydrogen-bond donors (Lipinski definition) is 2. The number of anilines is 1. The maximum Gasteiger partial charge on any atom is 0.119 e. The number of hydrogen-bond acceptors (Lipinski definition) is 3. The molecule has 0 atom stereocenters. The molecule has 0 heterocycles. The van der Waals surface area contributed by atoms with Crippen LogP contribution >= 0.6 is 0 Å². The van der Waals surface area contributed by atoms with Crippen LogP contribution in [0.25, 0.3) is 0 Å². The van der Waals surface area contributed by atoms with Crippen molar-refractivity contribution in [3.8, 4) is 5.75 Å². The second-order valence-corrected chi connectivity index (χ2v) is 5.34. The molecule has 1 aromatic rings. The molecule has 0 aromatic heterocycles. The van der Waals surface area contributed by atoms with Gasteiger partial charge in [-0.25, -0.2) is 0 Å². The molecule has 0 aliphatic heterocycles. The van der Waals surface area contributed by atoms with Gasteiger partial charge in [0.25, 0.3) is 0 Å². The van der Waals surface area contributed by atoms with Crippen LogP contribution < -0.4 is 15.4 Å². The Balaban J connectivity index is 1.73. The Labute approximate surface area is 116 Å². The molecule has 1 fully saturated rings. The molecule has 0 unspecified atom stereocenters. The number of benzene rings is 1. The summed E-state index contributed by atoms with van der Waals surface area (Å²) in [7, 11) is 2.07. The lowest BCUT2D eigenvalue weighted by Crippen LogP contribution is -2.32. The molecule has 0 radical (unpaired) electrons. The van der Waals surface area contributed by atoms with Gasteiger partial charge in [0.2, 0.25) is 0 Å². The van der Waals surface area contributed by atoms with E-state index in [0.717, 1.165) is 30.9 Å². The molecule has 0 saturated heterocycles. The number of rotatable bonds is 6. The van der Waals surface area contributed by atoms with Gasteiger partial charge in [-0.3, -0.25) is 0 Å². The Kier molecular flexibility index (Phi) is 5.52. The summed E-state index contributed by atoms with van der Waals surface area (Å²) in [5.41, 5.74) is 1.19. The maximum atomic E-state index is 5.44. The fourth-order valence-electron chi connectivity index (χ4n) is 2.75. The first kappa shape index (κ1) is 14.2. The predicted octanol–water partition coefficient (Wildman–Crippen LogP) is 3.28. The number of nitrogens with one attached hydrogen (secondary N) is 2. The molecule has 0 amide bonds. The SMILES string of the molecule is CCOc1ccc(NCC2CCC(NC)CC2)cc1. The fraction of sp³-hybridized carbons (Fsp3) is 0.625. The van der Waals surface area contributed by atoms with Gasteiger partial charge in [-0.05, 0) is 69.8 Å². The van der Waals surface area contributed by atoms with Gasteiger partial charge in [0.1, 0.15) is 5.75 Å². The van der Waals surface area contributed by atoms with Crippen molar-refractivity contribution < 1.29 is 4.74 Å². The first-order valence-corrected chi connectivity index (χ1v) is 7.45.